The second-order valence-electron chi connectivity index (χ2n) is 6.58. The molecule has 0 unspecified atom stereocenters. The zero-order chi connectivity index (χ0) is 21.0. The van der Waals surface area contributed by atoms with Gasteiger partial charge in [0.05, 0.1) is 4.90 Å². The van der Waals surface area contributed by atoms with E-state index < -0.39 is 15.9 Å². The summed E-state index contributed by atoms with van der Waals surface area (Å²) in [6, 6.07) is 12.8. The number of nitrogens with zero attached hydrogens (tertiary/aromatic N) is 2. The number of rotatable bonds is 7. The van der Waals surface area contributed by atoms with E-state index in [1.54, 1.807) is 62.4 Å². The number of aromatic nitrogens is 2. The molecule has 1 heterocycles. The number of hydrogen-bond donors (Lipinski definition) is 2. The van der Waals surface area contributed by atoms with Crippen LogP contribution in [0.3, 0.4) is 0 Å². The molecule has 0 aliphatic heterocycles. The molecule has 29 heavy (non-hydrogen) atoms. The highest BCUT2D eigenvalue weighted by Gasteiger charge is 2.14. The first kappa shape index (κ1) is 20.4. The van der Waals surface area contributed by atoms with Gasteiger partial charge in [0.1, 0.15) is 0 Å². The second-order valence-corrected chi connectivity index (χ2v) is 8.29. The van der Waals surface area contributed by atoms with E-state index in [0.29, 0.717) is 17.0 Å². The topological polar surface area (TPSA) is 128 Å². The summed E-state index contributed by atoms with van der Waals surface area (Å²) in [4.78, 5) is 15.6. The molecule has 0 aliphatic carbocycles. The molecule has 0 atom stereocenters. The number of amides is 1. The predicted molar refractivity (Wildman–Crippen MR) is 109 cm³/mol. The van der Waals surface area contributed by atoms with Crippen LogP contribution < -0.4 is 10.5 Å². The largest absolute Gasteiger partial charge is 0.366 e. The Morgan fingerprint density at radius 2 is 1.72 bits per heavy atom. The van der Waals surface area contributed by atoms with Crippen LogP contribution in [-0.4, -0.2) is 30.5 Å². The predicted octanol–water partition coefficient (Wildman–Crippen LogP) is 2.69. The van der Waals surface area contributed by atoms with Crippen LogP contribution in [-0.2, 0) is 10.0 Å². The Morgan fingerprint density at radius 3 is 2.31 bits per heavy atom. The molecule has 1 aromatic heterocycles. The number of carbonyl (C=O) groups is 1. The number of carbonyl (C=O) groups excluding carboxylic acids is 1. The Morgan fingerprint density at radius 1 is 1.07 bits per heavy atom. The van der Waals surface area contributed by atoms with Crippen LogP contribution in [0, 0.1) is 0 Å². The molecule has 0 spiro atoms. The van der Waals surface area contributed by atoms with Crippen LogP contribution >= 0.6 is 0 Å². The molecule has 0 fully saturated rings. The number of hydrogen-bond acceptors (Lipinski definition) is 6. The molecule has 3 N–H and O–H groups in total. The Kier molecular flexibility index (Phi) is 5.90. The number of benzene rings is 2. The molecule has 9 heteroatoms. The first-order chi connectivity index (χ1) is 13.7. The van der Waals surface area contributed by atoms with Gasteiger partial charge in [0.25, 0.3) is 5.89 Å². The lowest BCUT2D eigenvalue weighted by Crippen LogP contribution is -2.30. The normalized spacial score (nSPS) is 12.0. The van der Waals surface area contributed by atoms with Crippen LogP contribution in [0.2, 0.25) is 0 Å². The molecular formula is C20H20N4O4S. The van der Waals surface area contributed by atoms with Crippen LogP contribution in [0.15, 0.2) is 57.9 Å². The summed E-state index contributed by atoms with van der Waals surface area (Å²) < 4.78 is 32.0. The van der Waals surface area contributed by atoms with Gasteiger partial charge in [-0.05, 0) is 49.8 Å². The summed E-state index contributed by atoms with van der Waals surface area (Å²) in [7, 11) is -3.52. The molecule has 3 aromatic rings. The van der Waals surface area contributed by atoms with E-state index in [9.17, 15) is 13.2 Å². The van der Waals surface area contributed by atoms with Gasteiger partial charge < -0.3 is 10.3 Å². The molecule has 0 saturated carbocycles. The highest BCUT2D eigenvalue weighted by Crippen LogP contribution is 2.18. The third-order valence-electron chi connectivity index (χ3n) is 3.87. The van der Waals surface area contributed by atoms with E-state index in [2.05, 4.69) is 14.9 Å². The first-order valence-electron chi connectivity index (χ1n) is 8.79. The summed E-state index contributed by atoms with van der Waals surface area (Å²) in [5, 5.41) is 3.91. The second kappa shape index (κ2) is 8.38. The monoisotopic (exact) mass is 412 g/mol. The molecule has 2 aromatic carbocycles. The van der Waals surface area contributed by atoms with Crippen LogP contribution in [0.5, 0.6) is 0 Å². The minimum Gasteiger partial charge on any atom is -0.366 e. The van der Waals surface area contributed by atoms with E-state index in [0.717, 1.165) is 5.56 Å². The van der Waals surface area contributed by atoms with Crippen molar-refractivity contribution in [2.75, 3.05) is 0 Å². The molecule has 8 nitrogen and oxygen atoms in total. The molecular weight excluding hydrogens is 392 g/mol. The average molecular weight is 412 g/mol. The van der Waals surface area contributed by atoms with Gasteiger partial charge in [-0.2, -0.15) is 4.98 Å². The minimum atomic E-state index is -3.52. The number of sulfonamides is 1. The van der Waals surface area contributed by atoms with E-state index >= 15 is 0 Å². The molecule has 0 bridgehead atoms. The van der Waals surface area contributed by atoms with Crippen molar-refractivity contribution >= 4 is 28.1 Å². The van der Waals surface area contributed by atoms with Crippen LogP contribution in [0.4, 0.5) is 0 Å². The zero-order valence-corrected chi connectivity index (χ0v) is 16.7. The van der Waals surface area contributed by atoms with Crippen molar-refractivity contribution in [1.82, 2.24) is 14.9 Å². The van der Waals surface area contributed by atoms with Crippen molar-refractivity contribution < 1.29 is 17.7 Å². The van der Waals surface area contributed by atoms with E-state index in [1.165, 1.54) is 12.1 Å². The third kappa shape index (κ3) is 5.15. The van der Waals surface area contributed by atoms with Crippen molar-refractivity contribution in [2.45, 2.75) is 24.8 Å². The molecule has 3 rings (SSSR count). The summed E-state index contributed by atoms with van der Waals surface area (Å²) >= 11 is 0. The van der Waals surface area contributed by atoms with Gasteiger partial charge in [-0.3, -0.25) is 4.79 Å². The quantitative estimate of drug-likeness (QED) is 0.614. The summed E-state index contributed by atoms with van der Waals surface area (Å²) in [6.07, 6.45) is 3.36. The standard InChI is InChI=1S/C20H20N4O4S/c1-13(2)24-29(26,27)17-10-3-14(4-11-17)5-12-18-22-20(23-28-18)16-8-6-15(7-9-16)19(21)25/h3-13,24H,1-2H3,(H2,21,25)/b12-5+. The van der Waals surface area contributed by atoms with Crippen molar-refractivity contribution in [3.05, 3.63) is 65.5 Å². The van der Waals surface area contributed by atoms with Gasteiger partial charge in [0, 0.05) is 23.2 Å². The van der Waals surface area contributed by atoms with E-state index in [4.69, 9.17) is 10.3 Å². The Balaban J connectivity index is 1.72. The van der Waals surface area contributed by atoms with Gasteiger partial charge in [-0.15, -0.1) is 0 Å². The van der Waals surface area contributed by atoms with Crippen molar-refractivity contribution in [3.8, 4) is 11.4 Å². The highest BCUT2D eigenvalue weighted by molar-refractivity contribution is 7.89. The fourth-order valence-electron chi connectivity index (χ4n) is 2.51. The number of nitrogens with one attached hydrogen (secondary N) is 1. The van der Waals surface area contributed by atoms with Gasteiger partial charge in [0.2, 0.25) is 21.8 Å². The number of primary amides is 1. The van der Waals surface area contributed by atoms with Gasteiger partial charge in [0.15, 0.2) is 0 Å². The fraction of sp³-hybridized carbons (Fsp3) is 0.150. The van der Waals surface area contributed by atoms with E-state index in [-0.39, 0.29) is 16.8 Å². The molecule has 150 valence electrons. The summed E-state index contributed by atoms with van der Waals surface area (Å²) in [6.45, 7) is 3.53. The minimum absolute atomic E-state index is 0.182. The fourth-order valence-corrected chi connectivity index (χ4v) is 3.76. The Hall–Kier alpha value is -3.30. The summed E-state index contributed by atoms with van der Waals surface area (Å²) in [5.41, 5.74) is 7.08. The summed E-state index contributed by atoms with van der Waals surface area (Å²) in [5.74, 6) is 0.158. The number of nitrogens with two attached hydrogens (primary N) is 1. The highest BCUT2D eigenvalue weighted by atomic mass is 32.2. The van der Waals surface area contributed by atoms with E-state index in [1.807, 2.05) is 0 Å². The molecule has 0 radical (unpaired) electrons. The smallest absolute Gasteiger partial charge is 0.250 e. The SMILES string of the molecule is CC(C)NS(=O)(=O)c1ccc(/C=C/c2nc(-c3ccc(C(N)=O)cc3)no2)cc1. The van der Waals surface area contributed by atoms with Gasteiger partial charge in [-0.1, -0.05) is 29.4 Å². The zero-order valence-electron chi connectivity index (χ0n) is 15.9. The van der Waals surface area contributed by atoms with Crippen LogP contribution in [0.1, 0.15) is 35.7 Å². The molecule has 0 saturated heterocycles. The maximum atomic E-state index is 12.1. The maximum absolute atomic E-state index is 12.1. The van der Waals surface area contributed by atoms with Crippen LogP contribution in [0.25, 0.3) is 23.5 Å². The third-order valence-corrected chi connectivity index (χ3v) is 5.54. The van der Waals surface area contributed by atoms with Crippen molar-refractivity contribution in [1.29, 1.82) is 0 Å². The van der Waals surface area contributed by atoms with Gasteiger partial charge in [-0.25, -0.2) is 13.1 Å². The maximum Gasteiger partial charge on any atom is 0.250 e. The lowest BCUT2D eigenvalue weighted by atomic mass is 10.1. The Labute approximate surface area is 168 Å². The van der Waals surface area contributed by atoms with Crippen molar-refractivity contribution in [2.24, 2.45) is 5.73 Å². The Bertz CT molecular complexity index is 1130. The lowest BCUT2D eigenvalue weighted by Gasteiger charge is -2.09. The van der Waals surface area contributed by atoms with Crippen molar-refractivity contribution in [3.63, 3.8) is 0 Å². The molecule has 0 aliphatic rings. The average Bonchev–Trinajstić information content (AvgIpc) is 3.15. The first-order valence-corrected chi connectivity index (χ1v) is 10.3. The lowest BCUT2D eigenvalue weighted by molar-refractivity contribution is 0.100. The van der Waals surface area contributed by atoms with Gasteiger partial charge >= 0.3 is 0 Å². The molecule has 1 amide bonds.